The summed E-state index contributed by atoms with van der Waals surface area (Å²) < 4.78 is 0. The molecule has 0 saturated heterocycles. The van der Waals surface area contributed by atoms with E-state index >= 15 is 0 Å². The van der Waals surface area contributed by atoms with Crippen LogP contribution in [0.15, 0.2) is 5.51 Å². The molecule has 1 aromatic rings. The molecule has 2 nitrogen and oxygen atoms in total. The zero-order valence-electron chi connectivity index (χ0n) is 9.34. The number of nitrogens with one attached hydrogen (secondary N) is 1. The van der Waals surface area contributed by atoms with Crippen LogP contribution >= 0.6 is 11.3 Å². The SMILES string of the molecule is CCC(CC)CNCc1scnc1C. The van der Waals surface area contributed by atoms with Gasteiger partial charge in [0.05, 0.1) is 11.2 Å². The highest BCUT2D eigenvalue weighted by molar-refractivity contribution is 7.09. The Morgan fingerprint density at radius 2 is 2.14 bits per heavy atom. The van der Waals surface area contributed by atoms with Crippen molar-refractivity contribution in [3.8, 4) is 0 Å². The van der Waals surface area contributed by atoms with Crippen molar-refractivity contribution in [1.29, 1.82) is 0 Å². The molecule has 0 bridgehead atoms. The number of thiazole rings is 1. The maximum Gasteiger partial charge on any atom is 0.0798 e. The summed E-state index contributed by atoms with van der Waals surface area (Å²) >= 11 is 1.74. The number of rotatable bonds is 6. The van der Waals surface area contributed by atoms with Gasteiger partial charge in [-0.15, -0.1) is 11.3 Å². The van der Waals surface area contributed by atoms with Gasteiger partial charge in [0, 0.05) is 11.4 Å². The van der Waals surface area contributed by atoms with Gasteiger partial charge in [0.2, 0.25) is 0 Å². The Hall–Kier alpha value is -0.410. The van der Waals surface area contributed by atoms with E-state index in [2.05, 4.69) is 31.1 Å². The van der Waals surface area contributed by atoms with Gasteiger partial charge in [-0.2, -0.15) is 0 Å². The summed E-state index contributed by atoms with van der Waals surface area (Å²) in [5.41, 5.74) is 3.09. The van der Waals surface area contributed by atoms with Crippen molar-refractivity contribution < 1.29 is 0 Å². The molecule has 0 aliphatic rings. The molecule has 0 fully saturated rings. The standard InChI is InChI=1S/C11H20N2S/c1-4-10(5-2)6-12-7-11-9(3)13-8-14-11/h8,10,12H,4-7H2,1-3H3. The fraction of sp³-hybridized carbons (Fsp3) is 0.727. The molecule has 14 heavy (non-hydrogen) atoms. The largest absolute Gasteiger partial charge is 0.312 e. The quantitative estimate of drug-likeness (QED) is 0.784. The van der Waals surface area contributed by atoms with E-state index in [1.54, 1.807) is 11.3 Å². The minimum absolute atomic E-state index is 0.822. The van der Waals surface area contributed by atoms with Crippen LogP contribution in [0.25, 0.3) is 0 Å². The third kappa shape index (κ3) is 3.39. The van der Waals surface area contributed by atoms with Crippen LogP contribution in [0.1, 0.15) is 37.3 Å². The molecule has 0 aromatic carbocycles. The van der Waals surface area contributed by atoms with E-state index in [1.807, 2.05) is 5.51 Å². The number of nitrogens with zero attached hydrogens (tertiary/aromatic N) is 1. The molecule has 0 amide bonds. The van der Waals surface area contributed by atoms with Crippen LogP contribution in [0.2, 0.25) is 0 Å². The van der Waals surface area contributed by atoms with Gasteiger partial charge >= 0.3 is 0 Å². The fourth-order valence-corrected chi connectivity index (χ4v) is 2.21. The molecule has 1 aromatic heterocycles. The number of aromatic nitrogens is 1. The van der Waals surface area contributed by atoms with Gasteiger partial charge in [0.15, 0.2) is 0 Å². The first-order chi connectivity index (χ1) is 6.77. The number of hydrogen-bond acceptors (Lipinski definition) is 3. The first kappa shape index (κ1) is 11.7. The van der Waals surface area contributed by atoms with Crippen molar-refractivity contribution in [2.24, 2.45) is 5.92 Å². The first-order valence-corrected chi connectivity index (χ1v) is 6.25. The van der Waals surface area contributed by atoms with Crippen LogP contribution in [0.4, 0.5) is 0 Å². The highest BCUT2D eigenvalue weighted by atomic mass is 32.1. The fourth-order valence-electron chi connectivity index (χ4n) is 1.46. The second kappa shape index (κ2) is 6.14. The minimum atomic E-state index is 0.822. The third-order valence-corrected chi connectivity index (χ3v) is 3.65. The van der Waals surface area contributed by atoms with Gasteiger partial charge in [-0.05, 0) is 19.4 Å². The summed E-state index contributed by atoms with van der Waals surface area (Å²) in [5.74, 6) is 0.822. The van der Waals surface area contributed by atoms with Crippen LogP contribution < -0.4 is 5.32 Å². The number of hydrogen-bond donors (Lipinski definition) is 1. The van der Waals surface area contributed by atoms with Gasteiger partial charge < -0.3 is 5.32 Å². The zero-order chi connectivity index (χ0) is 10.4. The monoisotopic (exact) mass is 212 g/mol. The Morgan fingerprint density at radius 3 is 2.64 bits per heavy atom. The lowest BCUT2D eigenvalue weighted by Gasteiger charge is -2.12. The van der Waals surface area contributed by atoms with E-state index in [0.717, 1.165) is 19.0 Å². The smallest absolute Gasteiger partial charge is 0.0798 e. The summed E-state index contributed by atoms with van der Waals surface area (Å²) in [7, 11) is 0. The summed E-state index contributed by atoms with van der Waals surface area (Å²) in [4.78, 5) is 5.60. The maximum atomic E-state index is 4.23. The van der Waals surface area contributed by atoms with Crippen LogP contribution in [0.3, 0.4) is 0 Å². The van der Waals surface area contributed by atoms with Crippen molar-refractivity contribution >= 4 is 11.3 Å². The van der Waals surface area contributed by atoms with Crippen LogP contribution in [0.5, 0.6) is 0 Å². The van der Waals surface area contributed by atoms with Crippen molar-refractivity contribution in [1.82, 2.24) is 10.3 Å². The zero-order valence-corrected chi connectivity index (χ0v) is 10.2. The molecule has 0 aliphatic heterocycles. The van der Waals surface area contributed by atoms with Crippen LogP contribution in [-0.4, -0.2) is 11.5 Å². The van der Waals surface area contributed by atoms with Gasteiger partial charge in [0.1, 0.15) is 0 Å². The Kier molecular flexibility index (Phi) is 5.12. The van der Waals surface area contributed by atoms with Crippen molar-refractivity contribution in [3.05, 3.63) is 16.1 Å². The lowest BCUT2D eigenvalue weighted by molar-refractivity contribution is 0.450. The number of aryl methyl sites for hydroxylation is 1. The summed E-state index contributed by atoms with van der Waals surface area (Å²) in [6.45, 7) is 8.70. The van der Waals surface area contributed by atoms with E-state index in [-0.39, 0.29) is 0 Å². The van der Waals surface area contributed by atoms with E-state index in [0.29, 0.717) is 0 Å². The summed E-state index contributed by atoms with van der Waals surface area (Å²) in [6, 6.07) is 0. The molecule has 0 atom stereocenters. The molecule has 3 heteroatoms. The Balaban J connectivity index is 2.24. The highest BCUT2D eigenvalue weighted by Crippen LogP contribution is 2.12. The van der Waals surface area contributed by atoms with E-state index in [1.165, 1.54) is 23.4 Å². The second-order valence-electron chi connectivity index (χ2n) is 3.67. The average molecular weight is 212 g/mol. The summed E-state index contributed by atoms with van der Waals surface area (Å²) in [6.07, 6.45) is 2.54. The maximum absolute atomic E-state index is 4.23. The Labute approximate surface area is 90.8 Å². The molecular formula is C11H20N2S. The van der Waals surface area contributed by atoms with Gasteiger partial charge in [-0.3, -0.25) is 0 Å². The topological polar surface area (TPSA) is 24.9 Å². The predicted molar refractivity (Wildman–Crippen MR) is 62.6 cm³/mol. The van der Waals surface area contributed by atoms with Gasteiger partial charge in [-0.1, -0.05) is 26.7 Å². The third-order valence-electron chi connectivity index (χ3n) is 2.72. The summed E-state index contributed by atoms with van der Waals surface area (Å²) in [5, 5.41) is 3.50. The normalized spacial score (nSPS) is 11.1. The van der Waals surface area contributed by atoms with Gasteiger partial charge in [-0.25, -0.2) is 4.98 Å². The molecule has 0 aliphatic carbocycles. The van der Waals surface area contributed by atoms with Crippen LogP contribution in [0, 0.1) is 12.8 Å². The second-order valence-corrected chi connectivity index (χ2v) is 4.61. The molecule has 0 saturated carbocycles. The van der Waals surface area contributed by atoms with E-state index in [9.17, 15) is 0 Å². The Morgan fingerprint density at radius 1 is 1.43 bits per heavy atom. The molecule has 80 valence electrons. The van der Waals surface area contributed by atoms with Crippen molar-refractivity contribution in [2.45, 2.75) is 40.2 Å². The molecule has 1 heterocycles. The van der Waals surface area contributed by atoms with Crippen molar-refractivity contribution in [2.75, 3.05) is 6.54 Å². The first-order valence-electron chi connectivity index (χ1n) is 5.37. The highest BCUT2D eigenvalue weighted by Gasteiger charge is 2.04. The lowest BCUT2D eigenvalue weighted by atomic mass is 10.0. The van der Waals surface area contributed by atoms with E-state index in [4.69, 9.17) is 0 Å². The average Bonchev–Trinajstić information content (AvgIpc) is 2.59. The molecule has 0 unspecified atom stereocenters. The molecule has 0 spiro atoms. The van der Waals surface area contributed by atoms with Gasteiger partial charge in [0.25, 0.3) is 0 Å². The lowest BCUT2D eigenvalue weighted by Crippen LogP contribution is -2.21. The Bertz CT molecular complexity index is 254. The molecule has 1 rings (SSSR count). The molecule has 1 N–H and O–H groups in total. The van der Waals surface area contributed by atoms with Crippen LogP contribution in [-0.2, 0) is 6.54 Å². The predicted octanol–water partition coefficient (Wildman–Crippen LogP) is 2.98. The van der Waals surface area contributed by atoms with Crippen molar-refractivity contribution in [3.63, 3.8) is 0 Å². The molecule has 0 radical (unpaired) electrons. The van der Waals surface area contributed by atoms with E-state index < -0.39 is 0 Å². The molecular weight excluding hydrogens is 192 g/mol. The minimum Gasteiger partial charge on any atom is -0.312 e.